The largest absolute Gasteiger partial charge is 0.332 e. The van der Waals surface area contributed by atoms with Gasteiger partial charge in [-0.25, -0.2) is 9.97 Å². The Kier molecular flexibility index (Phi) is 5.71. The van der Waals surface area contributed by atoms with Crippen LogP contribution in [0.3, 0.4) is 0 Å². The van der Waals surface area contributed by atoms with Gasteiger partial charge in [-0.3, -0.25) is 0 Å². The molecule has 5 rings (SSSR count). The second-order valence-electron chi connectivity index (χ2n) is 7.43. The van der Waals surface area contributed by atoms with Crippen molar-refractivity contribution >= 4 is 44.3 Å². The third-order valence-corrected chi connectivity index (χ3v) is 7.30. The minimum Gasteiger partial charge on any atom is -0.332 e. The predicted octanol–water partition coefficient (Wildman–Crippen LogP) is 8.04. The van der Waals surface area contributed by atoms with Gasteiger partial charge >= 0.3 is 0 Å². The highest BCUT2D eigenvalue weighted by molar-refractivity contribution is 7.19. The second-order valence-corrected chi connectivity index (χ2v) is 9.42. The van der Waals surface area contributed by atoms with Crippen molar-refractivity contribution in [2.45, 2.75) is 13.8 Å². The molecule has 0 bridgehead atoms. The fourth-order valence-corrected chi connectivity index (χ4v) is 5.48. The zero-order valence-corrected chi connectivity index (χ0v) is 19.4. The van der Waals surface area contributed by atoms with E-state index < -0.39 is 0 Å². The first-order chi connectivity index (χ1) is 15.7. The average molecular weight is 455 g/mol. The van der Waals surface area contributed by atoms with E-state index in [1.54, 1.807) is 22.7 Å². The van der Waals surface area contributed by atoms with E-state index in [0.29, 0.717) is 0 Å². The van der Waals surface area contributed by atoms with Crippen LogP contribution in [0.1, 0.15) is 11.4 Å². The highest BCUT2D eigenvalue weighted by atomic mass is 32.1. The van der Waals surface area contributed by atoms with Crippen molar-refractivity contribution in [3.05, 3.63) is 96.3 Å². The van der Waals surface area contributed by atoms with E-state index in [9.17, 15) is 0 Å². The number of aromatic nitrogens is 2. The van der Waals surface area contributed by atoms with Crippen LogP contribution in [0.25, 0.3) is 20.9 Å². The summed E-state index contributed by atoms with van der Waals surface area (Å²) in [5.74, 6) is 0. The Morgan fingerprint density at radius 2 is 0.906 bits per heavy atom. The molecule has 3 aromatic carbocycles. The quantitative estimate of drug-likeness (QED) is 0.273. The molecule has 0 aliphatic rings. The monoisotopic (exact) mass is 454 g/mol. The Bertz CT molecular complexity index is 1220. The summed E-state index contributed by atoms with van der Waals surface area (Å²) in [5.41, 5.74) is 6.48. The number of hydrogen-bond acceptors (Lipinski definition) is 6. The lowest BCUT2D eigenvalue weighted by molar-refractivity contribution is 1.26. The molecule has 0 unspecified atom stereocenters. The van der Waals surface area contributed by atoms with Gasteiger partial charge in [0.1, 0.15) is 0 Å². The summed E-state index contributed by atoms with van der Waals surface area (Å²) in [4.78, 5) is 11.8. The van der Waals surface area contributed by atoms with Crippen LogP contribution in [0, 0.1) is 13.8 Å². The summed E-state index contributed by atoms with van der Waals surface area (Å²) in [7, 11) is 0. The van der Waals surface area contributed by atoms with E-state index in [1.165, 1.54) is 20.9 Å². The molecule has 0 spiro atoms. The molecule has 0 fully saturated rings. The minimum atomic E-state index is 0.894. The first kappa shape index (κ1) is 20.4. The highest BCUT2D eigenvalue weighted by Crippen LogP contribution is 2.35. The third-order valence-electron chi connectivity index (χ3n) is 5.05. The van der Waals surface area contributed by atoms with Crippen molar-refractivity contribution in [2.75, 3.05) is 10.6 Å². The zero-order valence-electron chi connectivity index (χ0n) is 17.8. The molecule has 0 aliphatic heterocycles. The summed E-state index contributed by atoms with van der Waals surface area (Å²) in [6.07, 6.45) is 0. The van der Waals surface area contributed by atoms with Gasteiger partial charge in [0, 0.05) is 11.4 Å². The van der Waals surface area contributed by atoms with Crippen molar-refractivity contribution in [3.8, 4) is 20.9 Å². The SMILES string of the molecule is Cc1nc(Nc2ccc(Nc3nc(C)c(-c4ccccc4)s3)cc2)sc1-c1ccccc1. The molecule has 158 valence electrons. The molecule has 2 N–H and O–H groups in total. The molecule has 5 aromatic rings. The Labute approximate surface area is 195 Å². The van der Waals surface area contributed by atoms with Crippen LogP contribution in [-0.2, 0) is 0 Å². The maximum absolute atomic E-state index is 4.70. The van der Waals surface area contributed by atoms with Gasteiger partial charge in [0.2, 0.25) is 0 Å². The standard InChI is InChI=1S/C26H22N4S2/c1-17-23(19-9-5-3-6-10-19)31-25(27-17)29-21-13-15-22(16-14-21)30-26-28-18(2)24(32-26)20-11-7-4-8-12-20/h3-16H,1-2H3,(H,27,29)(H,28,30). The maximum Gasteiger partial charge on any atom is 0.187 e. The highest BCUT2D eigenvalue weighted by Gasteiger charge is 2.11. The third kappa shape index (κ3) is 4.42. The smallest absolute Gasteiger partial charge is 0.187 e. The number of rotatable bonds is 6. The van der Waals surface area contributed by atoms with E-state index in [1.807, 2.05) is 12.1 Å². The van der Waals surface area contributed by atoms with Crippen LogP contribution in [-0.4, -0.2) is 9.97 Å². The Hall–Kier alpha value is -3.48. The number of benzene rings is 3. The van der Waals surface area contributed by atoms with Gasteiger partial charge < -0.3 is 10.6 Å². The molecular formula is C26H22N4S2. The van der Waals surface area contributed by atoms with Gasteiger partial charge in [0.25, 0.3) is 0 Å². The molecule has 32 heavy (non-hydrogen) atoms. The Morgan fingerprint density at radius 1 is 0.531 bits per heavy atom. The minimum absolute atomic E-state index is 0.894. The molecule has 2 heterocycles. The van der Waals surface area contributed by atoms with Gasteiger partial charge in [-0.2, -0.15) is 0 Å². The van der Waals surface area contributed by atoms with Crippen molar-refractivity contribution in [2.24, 2.45) is 0 Å². The lowest BCUT2D eigenvalue weighted by atomic mass is 10.2. The van der Waals surface area contributed by atoms with Gasteiger partial charge in [-0.1, -0.05) is 83.3 Å². The first-order valence-corrected chi connectivity index (χ1v) is 12.0. The van der Waals surface area contributed by atoms with Crippen molar-refractivity contribution in [1.82, 2.24) is 9.97 Å². The van der Waals surface area contributed by atoms with Crippen molar-refractivity contribution < 1.29 is 0 Å². The topological polar surface area (TPSA) is 49.8 Å². The summed E-state index contributed by atoms with van der Waals surface area (Å²) in [5, 5.41) is 8.64. The molecule has 0 atom stereocenters. The lowest BCUT2D eigenvalue weighted by Gasteiger charge is -2.05. The lowest BCUT2D eigenvalue weighted by Crippen LogP contribution is -1.92. The van der Waals surface area contributed by atoms with Crippen LogP contribution in [0.2, 0.25) is 0 Å². The first-order valence-electron chi connectivity index (χ1n) is 10.4. The number of aryl methyl sites for hydroxylation is 2. The van der Waals surface area contributed by atoms with Crippen molar-refractivity contribution in [3.63, 3.8) is 0 Å². The molecule has 0 saturated heterocycles. The fraction of sp³-hybridized carbons (Fsp3) is 0.0769. The molecular weight excluding hydrogens is 432 g/mol. The second kappa shape index (κ2) is 8.94. The van der Waals surface area contributed by atoms with Crippen LogP contribution >= 0.6 is 22.7 Å². The molecule has 0 saturated carbocycles. The molecule has 4 nitrogen and oxygen atoms in total. The number of nitrogens with zero attached hydrogens (tertiary/aromatic N) is 2. The summed E-state index contributed by atoms with van der Waals surface area (Å²) >= 11 is 3.34. The zero-order chi connectivity index (χ0) is 21.9. The van der Waals surface area contributed by atoms with Crippen LogP contribution in [0.5, 0.6) is 0 Å². The van der Waals surface area contributed by atoms with Gasteiger partial charge in [-0.15, -0.1) is 0 Å². The maximum atomic E-state index is 4.70. The fourth-order valence-electron chi connectivity index (χ4n) is 3.50. The number of hydrogen-bond donors (Lipinski definition) is 2. The molecule has 0 radical (unpaired) electrons. The van der Waals surface area contributed by atoms with E-state index in [0.717, 1.165) is 33.0 Å². The normalized spacial score (nSPS) is 10.8. The summed E-state index contributed by atoms with van der Waals surface area (Å²) in [6.45, 7) is 4.10. The van der Waals surface area contributed by atoms with Crippen molar-refractivity contribution in [1.29, 1.82) is 0 Å². The Balaban J connectivity index is 1.28. The molecule has 0 amide bonds. The number of thiazole rings is 2. The van der Waals surface area contributed by atoms with Gasteiger partial charge in [0.15, 0.2) is 10.3 Å². The summed E-state index contributed by atoms with van der Waals surface area (Å²) in [6, 6.07) is 29.0. The van der Waals surface area contributed by atoms with E-state index in [-0.39, 0.29) is 0 Å². The average Bonchev–Trinajstić information content (AvgIpc) is 3.38. The van der Waals surface area contributed by atoms with Crippen LogP contribution in [0.15, 0.2) is 84.9 Å². The van der Waals surface area contributed by atoms with Gasteiger partial charge in [0.05, 0.1) is 21.1 Å². The Morgan fingerprint density at radius 3 is 1.28 bits per heavy atom. The van der Waals surface area contributed by atoms with Crippen LogP contribution < -0.4 is 10.6 Å². The molecule has 6 heteroatoms. The number of nitrogens with one attached hydrogen (secondary N) is 2. The van der Waals surface area contributed by atoms with Gasteiger partial charge in [-0.05, 0) is 49.2 Å². The van der Waals surface area contributed by atoms with Crippen LogP contribution in [0.4, 0.5) is 21.6 Å². The summed E-state index contributed by atoms with van der Waals surface area (Å²) < 4.78 is 0. The molecule has 0 aliphatic carbocycles. The van der Waals surface area contributed by atoms with E-state index in [4.69, 9.17) is 9.97 Å². The van der Waals surface area contributed by atoms with E-state index in [2.05, 4.69) is 97.3 Å². The predicted molar refractivity (Wildman–Crippen MR) is 138 cm³/mol. The number of anilines is 4. The molecule has 2 aromatic heterocycles. The van der Waals surface area contributed by atoms with E-state index >= 15 is 0 Å².